The summed E-state index contributed by atoms with van der Waals surface area (Å²) in [5, 5.41) is 11.5. The first-order valence-electron chi connectivity index (χ1n) is 6.67. The molecule has 2 aromatic rings. The summed E-state index contributed by atoms with van der Waals surface area (Å²) in [5.74, 6) is -1.00. The molecule has 116 valence electrons. The van der Waals surface area contributed by atoms with Crippen LogP contribution in [0.3, 0.4) is 0 Å². The van der Waals surface area contributed by atoms with Crippen LogP contribution >= 0.6 is 11.5 Å². The van der Waals surface area contributed by atoms with E-state index >= 15 is 0 Å². The van der Waals surface area contributed by atoms with Crippen LogP contribution in [0.2, 0.25) is 0 Å². The summed E-state index contributed by atoms with van der Waals surface area (Å²) in [6.45, 7) is 1.94. The van der Waals surface area contributed by atoms with E-state index in [1.54, 1.807) is 6.07 Å². The van der Waals surface area contributed by atoms with Crippen molar-refractivity contribution in [1.29, 1.82) is 0 Å². The SMILES string of the molecule is Cc1cc([C@@H](CC(=O)O)NC(=O)OCc2ccccc2)sn1. The largest absolute Gasteiger partial charge is 0.481 e. The molecule has 0 aliphatic carbocycles. The molecule has 1 amide bonds. The number of nitrogens with zero attached hydrogens (tertiary/aromatic N) is 1. The van der Waals surface area contributed by atoms with Crippen LogP contribution < -0.4 is 5.32 Å². The number of ether oxygens (including phenoxy) is 1. The summed E-state index contributed by atoms with van der Waals surface area (Å²) in [7, 11) is 0. The molecule has 0 aliphatic rings. The van der Waals surface area contributed by atoms with E-state index in [1.165, 1.54) is 11.5 Å². The molecule has 1 aromatic heterocycles. The van der Waals surface area contributed by atoms with Crippen molar-refractivity contribution >= 4 is 23.6 Å². The third-order valence-corrected chi connectivity index (χ3v) is 3.87. The number of carboxylic acids is 1. The molecule has 0 saturated heterocycles. The normalized spacial score (nSPS) is 11.7. The lowest BCUT2D eigenvalue weighted by Gasteiger charge is -2.15. The molecule has 1 heterocycles. The van der Waals surface area contributed by atoms with Crippen LogP contribution in [0.15, 0.2) is 36.4 Å². The van der Waals surface area contributed by atoms with Crippen LogP contribution in [0.25, 0.3) is 0 Å². The van der Waals surface area contributed by atoms with Crippen molar-refractivity contribution in [2.45, 2.75) is 26.0 Å². The lowest BCUT2D eigenvalue weighted by Crippen LogP contribution is -2.30. The number of rotatable bonds is 6. The Morgan fingerprint density at radius 2 is 2.09 bits per heavy atom. The lowest BCUT2D eigenvalue weighted by molar-refractivity contribution is -0.137. The Kier molecular flexibility index (Phi) is 5.48. The number of nitrogens with one attached hydrogen (secondary N) is 1. The molecule has 1 aromatic carbocycles. The summed E-state index contributed by atoms with van der Waals surface area (Å²) in [6, 6.07) is 10.4. The van der Waals surface area contributed by atoms with Gasteiger partial charge in [-0.05, 0) is 30.1 Å². The zero-order chi connectivity index (χ0) is 15.9. The van der Waals surface area contributed by atoms with E-state index in [4.69, 9.17) is 9.84 Å². The van der Waals surface area contributed by atoms with Gasteiger partial charge in [-0.1, -0.05) is 30.3 Å². The van der Waals surface area contributed by atoms with Crippen molar-refractivity contribution in [3.63, 3.8) is 0 Å². The second kappa shape index (κ2) is 7.56. The van der Waals surface area contributed by atoms with Gasteiger partial charge in [0.1, 0.15) is 6.61 Å². The molecule has 2 N–H and O–H groups in total. The first-order chi connectivity index (χ1) is 10.5. The van der Waals surface area contributed by atoms with Crippen molar-refractivity contribution < 1.29 is 19.4 Å². The van der Waals surface area contributed by atoms with E-state index in [2.05, 4.69) is 9.69 Å². The Morgan fingerprint density at radius 3 is 2.68 bits per heavy atom. The number of aryl methyl sites for hydroxylation is 1. The van der Waals surface area contributed by atoms with E-state index in [9.17, 15) is 9.59 Å². The molecule has 6 nitrogen and oxygen atoms in total. The monoisotopic (exact) mass is 320 g/mol. The number of aliphatic carboxylic acids is 1. The van der Waals surface area contributed by atoms with Crippen molar-refractivity contribution in [1.82, 2.24) is 9.69 Å². The number of hydrogen-bond acceptors (Lipinski definition) is 5. The number of aromatic nitrogens is 1. The van der Waals surface area contributed by atoms with Gasteiger partial charge in [0, 0.05) is 4.88 Å². The van der Waals surface area contributed by atoms with E-state index in [-0.39, 0.29) is 13.0 Å². The van der Waals surface area contributed by atoms with Crippen LogP contribution in [0, 0.1) is 6.92 Å². The molecular weight excluding hydrogens is 304 g/mol. The first kappa shape index (κ1) is 16.0. The topological polar surface area (TPSA) is 88.5 Å². The number of hydrogen-bond donors (Lipinski definition) is 2. The highest BCUT2D eigenvalue weighted by atomic mass is 32.1. The number of carbonyl (C=O) groups is 2. The van der Waals surface area contributed by atoms with Gasteiger partial charge in [0.25, 0.3) is 0 Å². The molecule has 0 spiro atoms. The Morgan fingerprint density at radius 1 is 1.36 bits per heavy atom. The molecule has 7 heteroatoms. The van der Waals surface area contributed by atoms with Gasteiger partial charge in [-0.15, -0.1) is 0 Å². The highest BCUT2D eigenvalue weighted by Crippen LogP contribution is 2.22. The van der Waals surface area contributed by atoms with Gasteiger partial charge in [-0.2, -0.15) is 4.37 Å². The molecule has 0 unspecified atom stereocenters. The van der Waals surface area contributed by atoms with Crippen molar-refractivity contribution in [2.75, 3.05) is 0 Å². The van der Waals surface area contributed by atoms with Crippen LogP contribution in [0.1, 0.15) is 28.6 Å². The van der Waals surface area contributed by atoms with E-state index in [1.807, 2.05) is 37.3 Å². The van der Waals surface area contributed by atoms with Crippen molar-refractivity contribution in [3.8, 4) is 0 Å². The summed E-state index contributed by atoms with van der Waals surface area (Å²) >= 11 is 1.17. The fraction of sp³-hybridized carbons (Fsp3) is 0.267. The van der Waals surface area contributed by atoms with E-state index < -0.39 is 18.1 Å². The van der Waals surface area contributed by atoms with Gasteiger partial charge < -0.3 is 15.2 Å². The van der Waals surface area contributed by atoms with E-state index in [0.29, 0.717) is 4.88 Å². The number of carboxylic acid groups (broad SMARTS) is 1. The Balaban J connectivity index is 1.94. The van der Waals surface area contributed by atoms with Gasteiger partial charge in [0.05, 0.1) is 18.2 Å². The molecule has 22 heavy (non-hydrogen) atoms. The Hall–Kier alpha value is -2.41. The van der Waals surface area contributed by atoms with Gasteiger partial charge in [-0.25, -0.2) is 4.79 Å². The fourth-order valence-electron chi connectivity index (χ4n) is 1.85. The summed E-state index contributed by atoms with van der Waals surface area (Å²) in [4.78, 5) is 23.5. The third-order valence-electron chi connectivity index (χ3n) is 2.87. The highest BCUT2D eigenvalue weighted by molar-refractivity contribution is 7.05. The molecule has 2 rings (SSSR count). The smallest absolute Gasteiger partial charge is 0.407 e. The molecule has 0 bridgehead atoms. The lowest BCUT2D eigenvalue weighted by atomic mass is 10.1. The second-order valence-electron chi connectivity index (χ2n) is 4.73. The molecule has 1 atom stereocenters. The minimum absolute atomic E-state index is 0.133. The first-order valence-corrected chi connectivity index (χ1v) is 7.44. The van der Waals surface area contributed by atoms with Crippen molar-refractivity contribution in [3.05, 3.63) is 52.5 Å². The summed E-state index contributed by atoms with van der Waals surface area (Å²) in [5.41, 5.74) is 1.65. The molecule has 0 aliphatic heterocycles. The quantitative estimate of drug-likeness (QED) is 0.854. The van der Waals surface area contributed by atoms with Gasteiger partial charge >= 0.3 is 12.1 Å². The maximum absolute atomic E-state index is 11.8. The third kappa shape index (κ3) is 4.85. The summed E-state index contributed by atoms with van der Waals surface area (Å²) in [6.07, 6.45) is -0.872. The van der Waals surface area contributed by atoms with Gasteiger partial charge in [0.15, 0.2) is 0 Å². The Bertz CT molecular complexity index is 642. The minimum Gasteiger partial charge on any atom is -0.481 e. The van der Waals surface area contributed by atoms with E-state index in [0.717, 1.165) is 11.3 Å². The highest BCUT2D eigenvalue weighted by Gasteiger charge is 2.21. The summed E-state index contributed by atoms with van der Waals surface area (Å²) < 4.78 is 9.21. The average Bonchev–Trinajstić information content (AvgIpc) is 2.92. The standard InChI is InChI=1S/C15H16N2O4S/c1-10-7-13(22-17-10)12(8-14(18)19)16-15(20)21-9-11-5-3-2-4-6-11/h2-7,12H,8-9H2,1H3,(H,16,20)(H,18,19)/t12-/m1/s1. The van der Waals surface area contributed by atoms with Crippen LogP contribution in [0.4, 0.5) is 4.79 Å². The zero-order valence-corrected chi connectivity index (χ0v) is 12.8. The zero-order valence-electron chi connectivity index (χ0n) is 12.0. The fourth-order valence-corrected chi connectivity index (χ4v) is 2.65. The van der Waals surface area contributed by atoms with Gasteiger partial charge in [0.2, 0.25) is 0 Å². The Labute approximate surface area is 131 Å². The number of carbonyl (C=O) groups excluding carboxylic acids is 1. The molecule has 0 saturated carbocycles. The number of amides is 1. The maximum Gasteiger partial charge on any atom is 0.407 e. The predicted octanol–water partition coefficient (Wildman–Crippen LogP) is 2.89. The number of alkyl carbamates (subject to hydrolysis) is 1. The molecule has 0 radical (unpaired) electrons. The molecule has 0 fully saturated rings. The maximum atomic E-state index is 11.8. The average molecular weight is 320 g/mol. The van der Waals surface area contributed by atoms with Crippen molar-refractivity contribution in [2.24, 2.45) is 0 Å². The van der Waals surface area contributed by atoms with Crippen LogP contribution in [0.5, 0.6) is 0 Å². The van der Waals surface area contributed by atoms with Gasteiger partial charge in [-0.3, -0.25) is 4.79 Å². The molecular formula is C15H16N2O4S. The predicted molar refractivity (Wildman–Crippen MR) is 81.6 cm³/mol. The minimum atomic E-state index is -1.00. The second-order valence-corrected chi connectivity index (χ2v) is 5.56. The van der Waals surface area contributed by atoms with Crippen LogP contribution in [-0.4, -0.2) is 21.5 Å². The number of benzene rings is 1. The van der Waals surface area contributed by atoms with Crippen LogP contribution in [-0.2, 0) is 16.1 Å².